The molecule has 0 aromatic carbocycles. The lowest BCUT2D eigenvalue weighted by Crippen LogP contribution is -2.24. The highest BCUT2D eigenvalue weighted by atomic mass is 32.1. The van der Waals surface area contributed by atoms with Gasteiger partial charge in [-0.05, 0) is 44.1 Å². The first-order valence-electron chi connectivity index (χ1n) is 6.64. The van der Waals surface area contributed by atoms with E-state index in [1.54, 1.807) is 0 Å². The van der Waals surface area contributed by atoms with E-state index < -0.39 is 0 Å². The summed E-state index contributed by atoms with van der Waals surface area (Å²) in [6.45, 7) is 1.84. The molecule has 3 N–H and O–H groups in total. The van der Waals surface area contributed by atoms with Crippen molar-refractivity contribution in [2.24, 2.45) is 17.6 Å². The molecule has 0 saturated heterocycles. The van der Waals surface area contributed by atoms with Gasteiger partial charge in [-0.2, -0.15) is 4.37 Å². The summed E-state index contributed by atoms with van der Waals surface area (Å²) < 4.78 is 4.41. The van der Waals surface area contributed by atoms with Gasteiger partial charge >= 0.3 is 0 Å². The highest BCUT2D eigenvalue weighted by Crippen LogP contribution is 2.39. The molecule has 0 amide bonds. The molecule has 0 aliphatic heterocycles. The molecular weight excluding hydrogens is 232 g/mol. The fourth-order valence-corrected chi connectivity index (χ4v) is 3.38. The molecule has 1 heterocycles. The minimum Gasteiger partial charge on any atom is -0.360 e. The molecular formula is C12H20N4S. The van der Waals surface area contributed by atoms with Crippen LogP contribution in [0, 0.1) is 11.8 Å². The van der Waals surface area contributed by atoms with Crippen LogP contribution < -0.4 is 11.1 Å². The Morgan fingerprint density at radius 2 is 2.06 bits per heavy atom. The van der Waals surface area contributed by atoms with Crippen LogP contribution in [0.15, 0.2) is 0 Å². The van der Waals surface area contributed by atoms with E-state index in [-0.39, 0.29) is 0 Å². The van der Waals surface area contributed by atoms with Crippen LogP contribution in [0.3, 0.4) is 0 Å². The van der Waals surface area contributed by atoms with Gasteiger partial charge in [0.1, 0.15) is 5.82 Å². The number of hydrogen-bond acceptors (Lipinski definition) is 5. The van der Waals surface area contributed by atoms with Gasteiger partial charge < -0.3 is 11.1 Å². The number of nitrogens with one attached hydrogen (secondary N) is 1. The molecule has 1 aromatic heterocycles. The lowest BCUT2D eigenvalue weighted by atomic mass is 9.96. The van der Waals surface area contributed by atoms with E-state index in [1.165, 1.54) is 43.6 Å². The monoisotopic (exact) mass is 252 g/mol. The Morgan fingerprint density at radius 3 is 2.82 bits per heavy atom. The van der Waals surface area contributed by atoms with Crippen LogP contribution in [-0.4, -0.2) is 22.4 Å². The van der Waals surface area contributed by atoms with Crippen molar-refractivity contribution in [2.75, 3.05) is 18.4 Å². The third-order valence-electron chi connectivity index (χ3n) is 4.02. The fraction of sp³-hybridized carbons (Fsp3) is 0.833. The Kier molecular flexibility index (Phi) is 3.29. The summed E-state index contributed by atoms with van der Waals surface area (Å²) in [5.41, 5.74) is 5.79. The Bertz CT molecular complexity index is 374. The van der Waals surface area contributed by atoms with Crippen molar-refractivity contribution in [1.29, 1.82) is 0 Å². The average Bonchev–Trinajstić information content (AvgIpc) is 2.93. The van der Waals surface area contributed by atoms with Gasteiger partial charge in [0.15, 0.2) is 0 Å². The maximum absolute atomic E-state index is 5.79. The minimum absolute atomic E-state index is 0.657. The molecule has 5 heteroatoms. The zero-order chi connectivity index (χ0) is 11.7. The summed E-state index contributed by atoms with van der Waals surface area (Å²) >= 11 is 1.51. The minimum atomic E-state index is 0.657. The molecule has 0 spiro atoms. The Labute approximate surface area is 106 Å². The molecule has 2 aliphatic carbocycles. The maximum atomic E-state index is 5.79. The second-order valence-corrected chi connectivity index (χ2v) is 6.05. The third-order valence-corrected chi connectivity index (χ3v) is 4.71. The molecule has 0 bridgehead atoms. The van der Waals surface area contributed by atoms with Crippen LogP contribution in [0.2, 0.25) is 0 Å². The van der Waals surface area contributed by atoms with Crippen molar-refractivity contribution in [3.05, 3.63) is 5.82 Å². The number of hydrogen-bond donors (Lipinski definition) is 2. The quantitative estimate of drug-likeness (QED) is 0.843. The summed E-state index contributed by atoms with van der Waals surface area (Å²) in [5, 5.41) is 4.44. The van der Waals surface area contributed by atoms with E-state index in [1.807, 2.05) is 0 Å². The molecule has 1 aromatic rings. The zero-order valence-corrected chi connectivity index (χ0v) is 10.9. The molecule has 2 atom stereocenters. The van der Waals surface area contributed by atoms with E-state index >= 15 is 0 Å². The highest BCUT2D eigenvalue weighted by molar-refractivity contribution is 7.09. The van der Waals surface area contributed by atoms with Gasteiger partial charge in [-0.1, -0.05) is 6.42 Å². The Hall–Kier alpha value is -0.680. The van der Waals surface area contributed by atoms with Gasteiger partial charge in [0.2, 0.25) is 5.13 Å². The smallest absolute Gasteiger partial charge is 0.202 e. The summed E-state index contributed by atoms with van der Waals surface area (Å²) in [7, 11) is 0. The van der Waals surface area contributed by atoms with Crippen LogP contribution in [-0.2, 0) is 0 Å². The van der Waals surface area contributed by atoms with Crippen LogP contribution >= 0.6 is 11.5 Å². The average molecular weight is 252 g/mol. The number of nitrogens with two attached hydrogens (primary N) is 1. The van der Waals surface area contributed by atoms with Crippen molar-refractivity contribution in [2.45, 2.75) is 38.0 Å². The summed E-state index contributed by atoms with van der Waals surface area (Å²) in [5.74, 6) is 3.15. The van der Waals surface area contributed by atoms with E-state index in [9.17, 15) is 0 Å². The van der Waals surface area contributed by atoms with Crippen LogP contribution in [0.25, 0.3) is 0 Å². The first-order valence-corrected chi connectivity index (χ1v) is 7.41. The van der Waals surface area contributed by atoms with Gasteiger partial charge in [0, 0.05) is 24.0 Å². The second-order valence-electron chi connectivity index (χ2n) is 5.30. The van der Waals surface area contributed by atoms with Crippen LogP contribution in [0.5, 0.6) is 0 Å². The molecule has 17 heavy (non-hydrogen) atoms. The van der Waals surface area contributed by atoms with Crippen molar-refractivity contribution in [1.82, 2.24) is 9.36 Å². The van der Waals surface area contributed by atoms with Crippen molar-refractivity contribution >= 4 is 16.7 Å². The van der Waals surface area contributed by atoms with Gasteiger partial charge in [-0.15, -0.1) is 0 Å². The molecule has 2 fully saturated rings. The number of aromatic nitrogens is 2. The number of nitrogens with zero attached hydrogens (tertiary/aromatic N) is 2. The zero-order valence-electron chi connectivity index (χ0n) is 10.1. The molecule has 94 valence electrons. The number of rotatable bonds is 5. The maximum Gasteiger partial charge on any atom is 0.202 e. The molecule has 0 radical (unpaired) electrons. The first kappa shape index (κ1) is 11.4. The van der Waals surface area contributed by atoms with Crippen molar-refractivity contribution in [3.63, 3.8) is 0 Å². The Balaban J connectivity index is 1.52. The lowest BCUT2D eigenvalue weighted by Gasteiger charge is -2.17. The molecule has 2 saturated carbocycles. The van der Waals surface area contributed by atoms with Crippen molar-refractivity contribution in [3.8, 4) is 0 Å². The lowest BCUT2D eigenvalue weighted by molar-refractivity contribution is 0.414. The van der Waals surface area contributed by atoms with Crippen molar-refractivity contribution < 1.29 is 0 Å². The van der Waals surface area contributed by atoms with E-state index in [0.29, 0.717) is 11.8 Å². The number of anilines is 1. The normalized spacial score (nSPS) is 28.5. The molecule has 3 rings (SSSR count). The largest absolute Gasteiger partial charge is 0.360 e. The fourth-order valence-electron chi connectivity index (χ4n) is 2.73. The van der Waals surface area contributed by atoms with E-state index in [0.717, 1.165) is 30.0 Å². The van der Waals surface area contributed by atoms with Gasteiger partial charge in [0.05, 0.1) is 0 Å². The van der Waals surface area contributed by atoms with Crippen LogP contribution in [0.1, 0.15) is 43.8 Å². The molecule has 2 aliphatic rings. The van der Waals surface area contributed by atoms with Gasteiger partial charge in [-0.3, -0.25) is 0 Å². The first-order chi connectivity index (χ1) is 8.36. The summed E-state index contributed by atoms with van der Waals surface area (Å²) in [6, 6.07) is 0. The van der Waals surface area contributed by atoms with E-state index in [2.05, 4.69) is 14.7 Å². The SMILES string of the molecule is NCC1CCCC1CNc1nc(C2CC2)ns1. The molecule has 2 unspecified atom stereocenters. The highest BCUT2D eigenvalue weighted by Gasteiger charge is 2.28. The van der Waals surface area contributed by atoms with Gasteiger partial charge in [-0.25, -0.2) is 4.98 Å². The summed E-state index contributed by atoms with van der Waals surface area (Å²) in [6.07, 6.45) is 6.48. The molecule has 4 nitrogen and oxygen atoms in total. The standard InChI is InChI=1S/C12H20N4S/c13-6-9-2-1-3-10(9)7-14-12-15-11(16-17-12)8-4-5-8/h8-10H,1-7,13H2,(H,14,15,16). The predicted molar refractivity (Wildman–Crippen MR) is 70.3 cm³/mol. The Morgan fingerprint density at radius 1 is 1.24 bits per heavy atom. The predicted octanol–water partition coefficient (Wildman–Crippen LogP) is 2.20. The topological polar surface area (TPSA) is 63.8 Å². The summed E-state index contributed by atoms with van der Waals surface area (Å²) in [4.78, 5) is 4.55. The van der Waals surface area contributed by atoms with E-state index in [4.69, 9.17) is 5.73 Å². The second kappa shape index (κ2) is 4.90. The van der Waals surface area contributed by atoms with Crippen LogP contribution in [0.4, 0.5) is 5.13 Å². The third kappa shape index (κ3) is 2.60. The van der Waals surface area contributed by atoms with Gasteiger partial charge in [0.25, 0.3) is 0 Å².